The predicted molar refractivity (Wildman–Crippen MR) is 74.2 cm³/mol. The summed E-state index contributed by atoms with van der Waals surface area (Å²) in [6.45, 7) is 0.196. The van der Waals surface area contributed by atoms with Crippen molar-refractivity contribution in [1.82, 2.24) is 4.98 Å². The Bertz CT molecular complexity index is 563. The van der Waals surface area contributed by atoms with Crippen LogP contribution < -0.4 is 9.47 Å². The summed E-state index contributed by atoms with van der Waals surface area (Å²) in [5.74, 6) is 0.352. The zero-order valence-corrected chi connectivity index (χ0v) is 12.0. The molecule has 0 amide bonds. The molecule has 19 heavy (non-hydrogen) atoms. The Kier molecular flexibility index (Phi) is 4.74. The van der Waals surface area contributed by atoms with E-state index in [4.69, 9.17) is 9.47 Å². The second kappa shape index (κ2) is 6.52. The molecule has 0 saturated heterocycles. The van der Waals surface area contributed by atoms with Crippen molar-refractivity contribution in [3.63, 3.8) is 0 Å². The summed E-state index contributed by atoms with van der Waals surface area (Å²) < 4.78 is 24.1. The van der Waals surface area contributed by atoms with Crippen molar-refractivity contribution in [2.45, 2.75) is 11.9 Å². The van der Waals surface area contributed by atoms with Crippen LogP contribution in [0.2, 0.25) is 0 Å². The molecule has 0 spiro atoms. The minimum atomic E-state index is -0.375. The molecule has 2 aromatic rings. The van der Waals surface area contributed by atoms with Gasteiger partial charge in [-0.3, -0.25) is 0 Å². The number of alkyl halides is 1. The summed E-state index contributed by atoms with van der Waals surface area (Å²) >= 11 is 3.28. The van der Waals surface area contributed by atoms with Gasteiger partial charge < -0.3 is 9.47 Å². The van der Waals surface area contributed by atoms with Gasteiger partial charge in [-0.15, -0.1) is 0 Å². The van der Waals surface area contributed by atoms with E-state index in [1.54, 1.807) is 25.3 Å². The molecule has 1 heterocycles. The van der Waals surface area contributed by atoms with Gasteiger partial charge in [0.15, 0.2) is 11.6 Å². The maximum Gasteiger partial charge on any atom is 0.213 e. The Balaban J connectivity index is 2.05. The van der Waals surface area contributed by atoms with Crippen LogP contribution in [0.15, 0.2) is 36.4 Å². The van der Waals surface area contributed by atoms with E-state index in [2.05, 4.69) is 20.9 Å². The van der Waals surface area contributed by atoms with Gasteiger partial charge in [-0.25, -0.2) is 9.37 Å². The zero-order chi connectivity index (χ0) is 13.7. The summed E-state index contributed by atoms with van der Waals surface area (Å²) in [6, 6.07) is 10.2. The second-order valence-corrected chi connectivity index (χ2v) is 4.42. The smallest absolute Gasteiger partial charge is 0.213 e. The normalized spacial score (nSPS) is 10.3. The van der Waals surface area contributed by atoms with Crippen LogP contribution in [0.25, 0.3) is 0 Å². The van der Waals surface area contributed by atoms with Crippen LogP contribution in [0.1, 0.15) is 11.3 Å². The molecular weight excluding hydrogens is 313 g/mol. The van der Waals surface area contributed by atoms with Crippen LogP contribution in [-0.4, -0.2) is 12.1 Å². The zero-order valence-electron chi connectivity index (χ0n) is 10.4. The van der Waals surface area contributed by atoms with Crippen LogP contribution in [0.4, 0.5) is 4.39 Å². The highest BCUT2D eigenvalue weighted by Gasteiger charge is 2.05. The van der Waals surface area contributed by atoms with Crippen LogP contribution in [-0.2, 0) is 11.9 Å². The molecule has 0 aliphatic carbocycles. The number of nitrogens with zero attached hydrogens (tertiary/aromatic N) is 1. The Morgan fingerprint density at radius 1 is 1.26 bits per heavy atom. The number of aromatic nitrogens is 1. The van der Waals surface area contributed by atoms with E-state index in [0.29, 0.717) is 16.9 Å². The fraction of sp³-hybridized carbons (Fsp3) is 0.214. The summed E-state index contributed by atoms with van der Waals surface area (Å²) in [5, 5.41) is 0.613. The van der Waals surface area contributed by atoms with E-state index < -0.39 is 0 Å². The van der Waals surface area contributed by atoms with Crippen LogP contribution in [0, 0.1) is 5.82 Å². The molecule has 0 unspecified atom stereocenters. The van der Waals surface area contributed by atoms with E-state index >= 15 is 0 Å². The van der Waals surface area contributed by atoms with Gasteiger partial charge >= 0.3 is 0 Å². The van der Waals surface area contributed by atoms with Crippen molar-refractivity contribution in [1.29, 1.82) is 0 Å². The first kappa shape index (κ1) is 13.8. The van der Waals surface area contributed by atoms with Gasteiger partial charge in [0, 0.05) is 11.4 Å². The fourth-order valence-electron chi connectivity index (χ4n) is 1.55. The third kappa shape index (κ3) is 3.67. The van der Waals surface area contributed by atoms with Crippen molar-refractivity contribution >= 4 is 15.9 Å². The van der Waals surface area contributed by atoms with E-state index in [-0.39, 0.29) is 18.2 Å². The maximum atomic E-state index is 13.7. The molecule has 0 N–H and O–H groups in total. The molecule has 0 radical (unpaired) electrons. The number of rotatable bonds is 5. The summed E-state index contributed by atoms with van der Waals surface area (Å²) in [4.78, 5) is 4.19. The number of methoxy groups -OCH3 is 1. The highest BCUT2D eigenvalue weighted by Crippen LogP contribution is 2.20. The maximum absolute atomic E-state index is 13.7. The van der Waals surface area contributed by atoms with Crippen molar-refractivity contribution in [3.05, 3.63) is 53.5 Å². The largest absolute Gasteiger partial charge is 0.484 e. The van der Waals surface area contributed by atoms with Gasteiger partial charge in [-0.1, -0.05) is 28.1 Å². The number of hydrogen-bond acceptors (Lipinski definition) is 3. The molecule has 3 nitrogen and oxygen atoms in total. The number of ether oxygens (including phenoxy) is 2. The topological polar surface area (TPSA) is 31.4 Å². The molecular formula is C14H13BrFNO2. The van der Waals surface area contributed by atoms with Gasteiger partial charge in [0.05, 0.1) is 12.8 Å². The predicted octanol–water partition coefficient (Wildman–Crippen LogP) is 3.70. The van der Waals surface area contributed by atoms with E-state index in [0.717, 1.165) is 5.56 Å². The molecule has 0 aliphatic rings. The van der Waals surface area contributed by atoms with Crippen molar-refractivity contribution in [2.24, 2.45) is 0 Å². The molecule has 1 aromatic carbocycles. The van der Waals surface area contributed by atoms with Gasteiger partial charge in [0.25, 0.3) is 0 Å². The summed E-state index contributed by atoms with van der Waals surface area (Å²) in [7, 11) is 1.55. The lowest BCUT2D eigenvalue weighted by Gasteiger charge is -2.08. The lowest BCUT2D eigenvalue weighted by molar-refractivity contribution is 0.283. The highest BCUT2D eigenvalue weighted by atomic mass is 79.9. The molecule has 5 heteroatoms. The standard InChI is InChI=1S/C14H13BrFNO2/c1-18-14-4-2-3-11(17-14)9-19-13-6-5-10(8-15)7-12(13)16/h2-7H,8-9H2,1H3. The SMILES string of the molecule is COc1cccc(COc2ccc(CBr)cc2F)n1. The highest BCUT2D eigenvalue weighted by molar-refractivity contribution is 9.08. The average Bonchev–Trinajstić information content (AvgIpc) is 2.46. The van der Waals surface area contributed by atoms with E-state index in [1.807, 2.05) is 12.1 Å². The quantitative estimate of drug-likeness (QED) is 0.785. The lowest BCUT2D eigenvalue weighted by Crippen LogP contribution is -2.01. The summed E-state index contributed by atoms with van der Waals surface area (Å²) in [5.41, 5.74) is 1.55. The third-order valence-corrected chi connectivity index (χ3v) is 3.16. The molecule has 0 aliphatic heterocycles. The average molecular weight is 326 g/mol. The van der Waals surface area contributed by atoms with Crippen molar-refractivity contribution in [2.75, 3.05) is 7.11 Å². The third-order valence-electron chi connectivity index (χ3n) is 2.52. The first-order valence-corrected chi connectivity index (χ1v) is 6.82. The molecule has 100 valence electrons. The Morgan fingerprint density at radius 3 is 2.79 bits per heavy atom. The molecule has 0 saturated carbocycles. The minimum Gasteiger partial charge on any atom is -0.484 e. The number of pyridine rings is 1. The minimum absolute atomic E-state index is 0.196. The Hall–Kier alpha value is -1.62. The fourth-order valence-corrected chi connectivity index (χ4v) is 1.90. The molecule has 1 aromatic heterocycles. The first-order valence-electron chi connectivity index (χ1n) is 5.70. The number of benzene rings is 1. The molecule has 2 rings (SSSR count). The van der Waals surface area contributed by atoms with Crippen molar-refractivity contribution < 1.29 is 13.9 Å². The Morgan fingerprint density at radius 2 is 2.11 bits per heavy atom. The molecule has 0 bridgehead atoms. The van der Waals surface area contributed by atoms with Gasteiger partial charge in [-0.05, 0) is 23.8 Å². The van der Waals surface area contributed by atoms with Gasteiger partial charge in [0.1, 0.15) is 6.61 Å². The van der Waals surface area contributed by atoms with Crippen LogP contribution >= 0.6 is 15.9 Å². The molecule has 0 atom stereocenters. The number of halogens is 2. The second-order valence-electron chi connectivity index (χ2n) is 3.86. The number of hydrogen-bond donors (Lipinski definition) is 0. The monoisotopic (exact) mass is 325 g/mol. The van der Waals surface area contributed by atoms with Gasteiger partial charge in [0.2, 0.25) is 5.88 Å². The van der Waals surface area contributed by atoms with E-state index in [9.17, 15) is 4.39 Å². The van der Waals surface area contributed by atoms with Crippen molar-refractivity contribution in [3.8, 4) is 11.6 Å². The lowest BCUT2D eigenvalue weighted by atomic mass is 10.2. The van der Waals surface area contributed by atoms with E-state index in [1.165, 1.54) is 6.07 Å². The summed E-state index contributed by atoms with van der Waals surface area (Å²) in [6.07, 6.45) is 0. The molecule has 0 fully saturated rings. The first-order chi connectivity index (χ1) is 9.22. The Labute approximate surface area is 119 Å². The van der Waals surface area contributed by atoms with Crippen LogP contribution in [0.5, 0.6) is 11.6 Å². The van der Waals surface area contributed by atoms with Crippen LogP contribution in [0.3, 0.4) is 0 Å². The van der Waals surface area contributed by atoms with Gasteiger partial charge in [-0.2, -0.15) is 0 Å².